The fourth-order valence-corrected chi connectivity index (χ4v) is 1.12. The lowest BCUT2D eigenvalue weighted by Crippen LogP contribution is -2.11. The zero-order chi connectivity index (χ0) is 12.0. The second-order valence-electron chi connectivity index (χ2n) is 3.33. The van der Waals surface area contributed by atoms with Crippen molar-refractivity contribution < 1.29 is 0 Å². The summed E-state index contributed by atoms with van der Waals surface area (Å²) >= 11 is 5.65. The normalized spacial score (nSPS) is 9.94. The average molecular weight is 242 g/mol. The van der Waals surface area contributed by atoms with Crippen LogP contribution in [0.1, 0.15) is 19.2 Å². The Labute approximate surface area is 100 Å². The molecule has 88 valence electrons. The molecule has 1 aromatic rings. The van der Waals surface area contributed by atoms with Crippen molar-refractivity contribution in [2.24, 2.45) is 0 Å². The molecule has 0 saturated carbocycles. The van der Waals surface area contributed by atoms with Crippen LogP contribution in [0.4, 0.5) is 11.9 Å². The lowest BCUT2D eigenvalue weighted by molar-refractivity contribution is 0.917. The average Bonchev–Trinajstić information content (AvgIpc) is 2.23. The van der Waals surface area contributed by atoms with Gasteiger partial charge in [0, 0.05) is 11.6 Å². The van der Waals surface area contributed by atoms with Gasteiger partial charge in [-0.15, -0.1) is 0 Å². The first-order valence-corrected chi connectivity index (χ1v) is 5.53. The number of anilines is 2. The molecule has 1 heterocycles. The van der Waals surface area contributed by atoms with Crippen molar-refractivity contribution in [1.82, 2.24) is 15.0 Å². The Kier molecular flexibility index (Phi) is 4.98. The molecule has 0 atom stereocenters. The van der Waals surface area contributed by atoms with Crippen LogP contribution in [0.25, 0.3) is 0 Å². The monoisotopic (exact) mass is 241 g/mol. The zero-order valence-electron chi connectivity index (χ0n) is 9.55. The highest BCUT2D eigenvalue weighted by Crippen LogP contribution is 2.06. The molecule has 0 spiro atoms. The third-order valence-corrected chi connectivity index (χ3v) is 1.85. The maximum atomic E-state index is 5.65. The van der Waals surface area contributed by atoms with Crippen LogP contribution in [-0.4, -0.2) is 28.0 Å². The molecule has 0 fully saturated rings. The molecule has 0 aliphatic heterocycles. The number of hydrogen-bond acceptors (Lipinski definition) is 5. The highest BCUT2D eigenvalue weighted by atomic mass is 35.5. The molecule has 0 radical (unpaired) electrons. The summed E-state index contributed by atoms with van der Waals surface area (Å²) < 4.78 is 0. The molecular formula is C10H16ClN5. The first-order valence-electron chi connectivity index (χ1n) is 5.15. The minimum atomic E-state index is 0.443. The first kappa shape index (κ1) is 12.7. The van der Waals surface area contributed by atoms with Crippen molar-refractivity contribution in [3.05, 3.63) is 17.4 Å². The van der Waals surface area contributed by atoms with Gasteiger partial charge in [0.2, 0.25) is 11.9 Å². The molecule has 6 heteroatoms. The van der Waals surface area contributed by atoms with Gasteiger partial charge in [-0.1, -0.05) is 25.1 Å². The molecule has 0 aliphatic carbocycles. The second kappa shape index (κ2) is 6.27. The van der Waals surface area contributed by atoms with E-state index in [4.69, 9.17) is 11.6 Å². The first-order chi connectivity index (χ1) is 7.61. The zero-order valence-corrected chi connectivity index (χ0v) is 10.3. The van der Waals surface area contributed by atoms with Crippen molar-refractivity contribution in [3.8, 4) is 0 Å². The van der Waals surface area contributed by atoms with Crippen LogP contribution >= 0.6 is 11.6 Å². The van der Waals surface area contributed by atoms with Crippen LogP contribution in [0, 0.1) is 6.92 Å². The molecule has 5 nitrogen and oxygen atoms in total. The smallest absolute Gasteiger partial charge is 0.228 e. The SMILES string of the molecule is C=C(Cl)CNc1nc(C)nc(NCCC)n1. The van der Waals surface area contributed by atoms with Gasteiger partial charge >= 0.3 is 0 Å². The lowest BCUT2D eigenvalue weighted by Gasteiger charge is -2.07. The number of aryl methyl sites for hydroxylation is 1. The third-order valence-electron chi connectivity index (χ3n) is 1.72. The third kappa shape index (κ3) is 4.44. The molecule has 1 aromatic heterocycles. The van der Waals surface area contributed by atoms with E-state index >= 15 is 0 Å². The van der Waals surface area contributed by atoms with E-state index in [0.29, 0.717) is 29.3 Å². The number of rotatable bonds is 6. The van der Waals surface area contributed by atoms with Crippen molar-refractivity contribution in [1.29, 1.82) is 0 Å². The van der Waals surface area contributed by atoms with Gasteiger partial charge in [-0.05, 0) is 13.3 Å². The Balaban J connectivity index is 2.69. The Morgan fingerprint density at radius 2 is 1.88 bits per heavy atom. The minimum Gasteiger partial charge on any atom is -0.354 e. The molecule has 0 unspecified atom stereocenters. The van der Waals surface area contributed by atoms with E-state index in [2.05, 4.69) is 39.1 Å². The molecule has 16 heavy (non-hydrogen) atoms. The minimum absolute atomic E-state index is 0.443. The van der Waals surface area contributed by atoms with Gasteiger partial charge in [0.05, 0.1) is 6.54 Å². The standard InChI is InChI=1S/C10H16ClN5/c1-4-5-12-9-14-8(3)15-10(16-9)13-6-7(2)11/h2,4-6H2,1,3H3,(H2,12,13,14,15,16). The van der Waals surface area contributed by atoms with Crippen molar-refractivity contribution in [2.75, 3.05) is 23.7 Å². The number of nitrogens with zero attached hydrogens (tertiary/aromatic N) is 3. The maximum Gasteiger partial charge on any atom is 0.228 e. The Morgan fingerprint density at radius 1 is 1.25 bits per heavy atom. The molecule has 0 amide bonds. The van der Waals surface area contributed by atoms with Crippen molar-refractivity contribution >= 4 is 23.5 Å². The number of halogens is 1. The summed E-state index contributed by atoms with van der Waals surface area (Å²) in [7, 11) is 0. The number of hydrogen-bond donors (Lipinski definition) is 2. The lowest BCUT2D eigenvalue weighted by atomic mass is 10.5. The number of nitrogens with one attached hydrogen (secondary N) is 2. The van der Waals surface area contributed by atoms with Crippen molar-refractivity contribution in [2.45, 2.75) is 20.3 Å². The summed E-state index contributed by atoms with van der Waals surface area (Å²) in [5.41, 5.74) is 0. The van der Waals surface area contributed by atoms with Gasteiger partial charge in [0.25, 0.3) is 0 Å². The molecule has 0 bridgehead atoms. The van der Waals surface area contributed by atoms with E-state index in [1.54, 1.807) is 0 Å². The summed E-state index contributed by atoms with van der Waals surface area (Å²) in [5.74, 6) is 1.75. The van der Waals surface area contributed by atoms with Crippen LogP contribution in [0.3, 0.4) is 0 Å². The molecular weight excluding hydrogens is 226 g/mol. The Bertz CT molecular complexity index is 366. The van der Waals surface area contributed by atoms with E-state index in [1.807, 2.05) is 6.92 Å². The summed E-state index contributed by atoms with van der Waals surface area (Å²) in [6.07, 6.45) is 1.02. The highest BCUT2D eigenvalue weighted by molar-refractivity contribution is 6.29. The van der Waals surface area contributed by atoms with Gasteiger partial charge < -0.3 is 10.6 Å². The van der Waals surface area contributed by atoms with Crippen LogP contribution in [0.2, 0.25) is 0 Å². The summed E-state index contributed by atoms with van der Waals surface area (Å²) in [6, 6.07) is 0. The number of aromatic nitrogens is 3. The Hall–Kier alpha value is -1.36. The van der Waals surface area contributed by atoms with Crippen LogP contribution in [0.15, 0.2) is 11.6 Å². The van der Waals surface area contributed by atoms with Gasteiger partial charge in [-0.25, -0.2) is 0 Å². The Morgan fingerprint density at radius 3 is 2.44 bits per heavy atom. The largest absolute Gasteiger partial charge is 0.354 e. The summed E-state index contributed by atoms with van der Waals surface area (Å²) in [5, 5.41) is 6.59. The van der Waals surface area contributed by atoms with Crippen LogP contribution < -0.4 is 10.6 Å². The molecule has 0 aromatic carbocycles. The summed E-state index contributed by atoms with van der Waals surface area (Å²) in [4.78, 5) is 12.5. The van der Waals surface area contributed by atoms with E-state index in [1.165, 1.54) is 0 Å². The van der Waals surface area contributed by atoms with E-state index < -0.39 is 0 Å². The molecule has 1 rings (SSSR count). The van der Waals surface area contributed by atoms with Gasteiger partial charge in [0.15, 0.2) is 0 Å². The van der Waals surface area contributed by atoms with Crippen LogP contribution in [-0.2, 0) is 0 Å². The molecule has 2 N–H and O–H groups in total. The van der Waals surface area contributed by atoms with Gasteiger partial charge in [-0.2, -0.15) is 15.0 Å². The summed E-state index contributed by atoms with van der Waals surface area (Å²) in [6.45, 7) is 8.76. The predicted molar refractivity (Wildman–Crippen MR) is 66.8 cm³/mol. The van der Waals surface area contributed by atoms with Crippen molar-refractivity contribution in [3.63, 3.8) is 0 Å². The quantitative estimate of drug-likeness (QED) is 0.799. The van der Waals surface area contributed by atoms with E-state index in [9.17, 15) is 0 Å². The van der Waals surface area contributed by atoms with Gasteiger partial charge in [0.1, 0.15) is 5.82 Å². The fraction of sp³-hybridized carbons (Fsp3) is 0.500. The van der Waals surface area contributed by atoms with E-state index in [-0.39, 0.29) is 0 Å². The maximum absolute atomic E-state index is 5.65. The highest BCUT2D eigenvalue weighted by Gasteiger charge is 2.02. The predicted octanol–water partition coefficient (Wildman–Crippen LogP) is 2.17. The van der Waals surface area contributed by atoms with Crippen LogP contribution in [0.5, 0.6) is 0 Å². The molecule has 0 aliphatic rings. The van der Waals surface area contributed by atoms with Gasteiger partial charge in [-0.3, -0.25) is 0 Å². The molecule has 0 saturated heterocycles. The second-order valence-corrected chi connectivity index (χ2v) is 3.86. The van der Waals surface area contributed by atoms with E-state index in [0.717, 1.165) is 13.0 Å². The fourth-order valence-electron chi connectivity index (χ4n) is 1.05. The topological polar surface area (TPSA) is 62.7 Å².